The second-order valence-electron chi connectivity index (χ2n) is 5.94. The van der Waals surface area contributed by atoms with Gasteiger partial charge in [-0.15, -0.1) is 0 Å². The molecule has 0 fully saturated rings. The minimum Gasteiger partial charge on any atom is -0.352 e. The van der Waals surface area contributed by atoms with Gasteiger partial charge in [0, 0.05) is 29.4 Å². The molecule has 0 aliphatic carbocycles. The van der Waals surface area contributed by atoms with Gasteiger partial charge in [0.05, 0.1) is 11.2 Å². The van der Waals surface area contributed by atoms with E-state index in [4.69, 9.17) is 5.73 Å². The molecule has 0 bridgehead atoms. The molecular weight excluding hydrogens is 342 g/mol. The molecule has 0 atom stereocenters. The number of pyridine rings is 1. The standard InChI is InChI=1S/C20H21N5O2/c21-10-4-12-23-19(26)15-6-1-8-16(13-15)24-20(27)25-17-9-2-5-14-7-3-11-22-18(14)17/h1-3,5-9,11,13H,4,10,12,21H2,(H,23,26)(H2,24,25,27). The van der Waals surface area contributed by atoms with E-state index in [0.29, 0.717) is 42.0 Å². The number of carbonyl (C=O) groups is 2. The lowest BCUT2D eigenvalue weighted by Crippen LogP contribution is -2.26. The summed E-state index contributed by atoms with van der Waals surface area (Å²) in [6.07, 6.45) is 2.39. The summed E-state index contributed by atoms with van der Waals surface area (Å²) in [6.45, 7) is 1.03. The highest BCUT2D eigenvalue weighted by molar-refractivity contribution is 6.05. The van der Waals surface area contributed by atoms with Crippen LogP contribution in [0.25, 0.3) is 10.9 Å². The summed E-state index contributed by atoms with van der Waals surface area (Å²) in [7, 11) is 0. The molecule has 3 rings (SSSR count). The Hall–Kier alpha value is -3.45. The van der Waals surface area contributed by atoms with Gasteiger partial charge in [-0.3, -0.25) is 9.78 Å². The zero-order chi connectivity index (χ0) is 19.1. The minimum atomic E-state index is -0.408. The molecule has 7 heteroatoms. The van der Waals surface area contributed by atoms with Gasteiger partial charge in [0.1, 0.15) is 0 Å². The number of aromatic nitrogens is 1. The molecule has 138 valence electrons. The van der Waals surface area contributed by atoms with Gasteiger partial charge in [-0.05, 0) is 43.3 Å². The number of nitrogens with two attached hydrogens (primary N) is 1. The van der Waals surface area contributed by atoms with E-state index in [0.717, 1.165) is 5.39 Å². The first kappa shape index (κ1) is 18.3. The smallest absolute Gasteiger partial charge is 0.323 e. The van der Waals surface area contributed by atoms with E-state index in [-0.39, 0.29) is 5.91 Å². The lowest BCUT2D eigenvalue weighted by atomic mass is 10.2. The lowest BCUT2D eigenvalue weighted by molar-refractivity contribution is 0.0953. The fraction of sp³-hybridized carbons (Fsp3) is 0.150. The third kappa shape index (κ3) is 4.80. The van der Waals surface area contributed by atoms with E-state index in [1.54, 1.807) is 36.5 Å². The minimum absolute atomic E-state index is 0.203. The molecule has 0 aliphatic rings. The van der Waals surface area contributed by atoms with E-state index in [1.165, 1.54) is 0 Å². The first-order valence-corrected chi connectivity index (χ1v) is 8.67. The number of carbonyl (C=O) groups excluding carboxylic acids is 2. The molecule has 0 saturated carbocycles. The molecule has 0 aliphatic heterocycles. The molecular formula is C20H21N5O2. The Morgan fingerprint density at radius 3 is 2.67 bits per heavy atom. The maximum absolute atomic E-state index is 12.4. The molecule has 0 radical (unpaired) electrons. The molecule has 3 aromatic rings. The summed E-state index contributed by atoms with van der Waals surface area (Å²) in [6, 6.07) is 15.7. The second-order valence-corrected chi connectivity index (χ2v) is 5.94. The van der Waals surface area contributed by atoms with Crippen LogP contribution in [0.3, 0.4) is 0 Å². The van der Waals surface area contributed by atoms with Crippen molar-refractivity contribution in [2.24, 2.45) is 5.73 Å². The average Bonchev–Trinajstić information content (AvgIpc) is 2.68. The van der Waals surface area contributed by atoms with Crippen LogP contribution in [0.2, 0.25) is 0 Å². The average molecular weight is 363 g/mol. The van der Waals surface area contributed by atoms with Crippen LogP contribution in [0, 0.1) is 0 Å². The van der Waals surface area contributed by atoms with Crippen molar-refractivity contribution in [1.29, 1.82) is 0 Å². The van der Waals surface area contributed by atoms with Crippen LogP contribution in [-0.4, -0.2) is 30.0 Å². The number of nitrogens with zero attached hydrogens (tertiary/aromatic N) is 1. The van der Waals surface area contributed by atoms with Crippen LogP contribution in [0.4, 0.5) is 16.2 Å². The summed E-state index contributed by atoms with van der Waals surface area (Å²) >= 11 is 0. The topological polar surface area (TPSA) is 109 Å². The number of rotatable bonds is 6. The van der Waals surface area contributed by atoms with Gasteiger partial charge in [0.25, 0.3) is 5.91 Å². The summed E-state index contributed by atoms with van der Waals surface area (Å²) < 4.78 is 0. The van der Waals surface area contributed by atoms with Crippen molar-refractivity contribution in [2.75, 3.05) is 23.7 Å². The van der Waals surface area contributed by atoms with Crippen LogP contribution in [0.1, 0.15) is 16.8 Å². The first-order chi connectivity index (χ1) is 13.2. The Balaban J connectivity index is 1.67. The van der Waals surface area contributed by atoms with Crippen molar-refractivity contribution in [3.05, 3.63) is 66.4 Å². The number of urea groups is 1. The van der Waals surface area contributed by atoms with Crippen molar-refractivity contribution >= 4 is 34.2 Å². The monoisotopic (exact) mass is 363 g/mol. The second kappa shape index (κ2) is 8.77. The molecule has 27 heavy (non-hydrogen) atoms. The molecule has 0 unspecified atom stereocenters. The van der Waals surface area contributed by atoms with Gasteiger partial charge in [-0.2, -0.15) is 0 Å². The highest BCUT2D eigenvalue weighted by Crippen LogP contribution is 2.21. The Morgan fingerprint density at radius 2 is 1.81 bits per heavy atom. The molecule has 7 nitrogen and oxygen atoms in total. The van der Waals surface area contributed by atoms with Crippen LogP contribution in [0.5, 0.6) is 0 Å². The maximum Gasteiger partial charge on any atom is 0.323 e. The quantitative estimate of drug-likeness (QED) is 0.505. The Kier molecular flexibility index (Phi) is 5.96. The maximum atomic E-state index is 12.4. The Labute approximate surface area is 157 Å². The summed E-state index contributed by atoms with van der Waals surface area (Å²) in [5.41, 5.74) is 7.73. The molecule has 0 spiro atoms. The van der Waals surface area contributed by atoms with E-state index >= 15 is 0 Å². The fourth-order valence-corrected chi connectivity index (χ4v) is 2.63. The molecule has 3 amide bonds. The number of amides is 3. The number of fused-ring (bicyclic) bond motifs is 1. The lowest BCUT2D eigenvalue weighted by Gasteiger charge is -2.10. The van der Waals surface area contributed by atoms with Crippen molar-refractivity contribution in [3.63, 3.8) is 0 Å². The molecule has 2 aromatic carbocycles. The van der Waals surface area contributed by atoms with Crippen LogP contribution in [-0.2, 0) is 0 Å². The zero-order valence-corrected chi connectivity index (χ0v) is 14.7. The van der Waals surface area contributed by atoms with Gasteiger partial charge < -0.3 is 21.7 Å². The Morgan fingerprint density at radius 1 is 1.00 bits per heavy atom. The molecule has 0 saturated heterocycles. The van der Waals surface area contributed by atoms with Crippen LogP contribution >= 0.6 is 0 Å². The van der Waals surface area contributed by atoms with E-state index in [9.17, 15) is 9.59 Å². The number of hydrogen-bond donors (Lipinski definition) is 4. The number of nitrogens with one attached hydrogen (secondary N) is 3. The van der Waals surface area contributed by atoms with Gasteiger partial charge in [-0.25, -0.2) is 4.79 Å². The van der Waals surface area contributed by atoms with Crippen LogP contribution in [0.15, 0.2) is 60.8 Å². The zero-order valence-electron chi connectivity index (χ0n) is 14.7. The van der Waals surface area contributed by atoms with Gasteiger partial charge in [0.15, 0.2) is 0 Å². The summed E-state index contributed by atoms with van der Waals surface area (Å²) in [4.78, 5) is 28.8. The highest BCUT2D eigenvalue weighted by atomic mass is 16.2. The third-order valence-corrected chi connectivity index (χ3v) is 3.93. The Bertz CT molecular complexity index is 953. The van der Waals surface area contributed by atoms with Gasteiger partial charge in [-0.1, -0.05) is 24.3 Å². The van der Waals surface area contributed by atoms with Crippen molar-refractivity contribution in [3.8, 4) is 0 Å². The predicted molar refractivity (Wildman–Crippen MR) is 107 cm³/mol. The third-order valence-electron chi connectivity index (χ3n) is 3.93. The van der Waals surface area contributed by atoms with Crippen molar-refractivity contribution < 1.29 is 9.59 Å². The SMILES string of the molecule is NCCCNC(=O)c1cccc(NC(=O)Nc2cccc3cccnc23)c1. The first-order valence-electron chi connectivity index (χ1n) is 8.67. The van der Waals surface area contributed by atoms with Gasteiger partial charge >= 0.3 is 6.03 Å². The predicted octanol–water partition coefficient (Wildman–Crippen LogP) is 2.96. The molecule has 1 heterocycles. The molecule has 1 aromatic heterocycles. The number of para-hydroxylation sites is 1. The summed E-state index contributed by atoms with van der Waals surface area (Å²) in [5.74, 6) is -0.203. The molecule has 5 N–H and O–H groups in total. The van der Waals surface area contributed by atoms with Crippen LogP contribution < -0.4 is 21.7 Å². The number of anilines is 2. The normalized spacial score (nSPS) is 10.4. The van der Waals surface area contributed by atoms with Gasteiger partial charge in [0.2, 0.25) is 0 Å². The number of hydrogen-bond acceptors (Lipinski definition) is 4. The van der Waals surface area contributed by atoms with E-state index < -0.39 is 6.03 Å². The largest absolute Gasteiger partial charge is 0.352 e. The van der Waals surface area contributed by atoms with E-state index in [1.807, 2.05) is 24.3 Å². The van der Waals surface area contributed by atoms with Crippen molar-refractivity contribution in [1.82, 2.24) is 10.3 Å². The highest BCUT2D eigenvalue weighted by Gasteiger charge is 2.09. The summed E-state index contributed by atoms with van der Waals surface area (Å²) in [5, 5.41) is 9.26. The fourth-order valence-electron chi connectivity index (χ4n) is 2.63. The number of benzene rings is 2. The van der Waals surface area contributed by atoms with E-state index in [2.05, 4.69) is 20.9 Å². The van der Waals surface area contributed by atoms with Crippen molar-refractivity contribution in [2.45, 2.75) is 6.42 Å².